The minimum atomic E-state index is -1.87. The van der Waals surface area contributed by atoms with Crippen LogP contribution in [-0.4, -0.2) is 98.3 Å². The van der Waals surface area contributed by atoms with Crippen LogP contribution in [0.2, 0.25) is 0 Å². The number of rotatable bonds is 16. The molecule has 210 valence electrons. The minimum absolute atomic E-state index is 0.461. The highest BCUT2D eigenvalue weighted by Gasteiger charge is 2.34. The number of carboxylic acids is 3. The van der Waals surface area contributed by atoms with Gasteiger partial charge in [0.05, 0.1) is 18.6 Å². The molecule has 0 aliphatic rings. The van der Waals surface area contributed by atoms with E-state index in [0.29, 0.717) is 0 Å². The number of carbonyl (C=O) groups is 7. The van der Waals surface area contributed by atoms with E-state index in [1.165, 1.54) is 6.92 Å². The summed E-state index contributed by atoms with van der Waals surface area (Å²) >= 11 is 0. The first kappa shape index (κ1) is 33.2. The molecule has 0 aliphatic heterocycles. The van der Waals surface area contributed by atoms with Crippen molar-refractivity contribution in [1.29, 1.82) is 0 Å². The maximum absolute atomic E-state index is 12.9. The molecule has 4 amide bonds. The molecule has 0 rings (SSSR count). The number of nitrogens with two attached hydrogens (primary N) is 1. The third-order valence-corrected chi connectivity index (χ3v) is 5.00. The van der Waals surface area contributed by atoms with Crippen molar-refractivity contribution in [3.8, 4) is 0 Å². The zero-order valence-electron chi connectivity index (χ0n) is 20.9. The van der Waals surface area contributed by atoms with E-state index in [1.54, 1.807) is 13.8 Å². The smallest absolute Gasteiger partial charge is 0.326 e. The molecule has 0 bridgehead atoms. The van der Waals surface area contributed by atoms with Crippen LogP contribution in [0.15, 0.2) is 0 Å². The largest absolute Gasteiger partial charge is 0.481 e. The van der Waals surface area contributed by atoms with Gasteiger partial charge in [-0.1, -0.05) is 13.8 Å². The molecule has 0 saturated carbocycles. The molecule has 0 unspecified atom stereocenters. The quantitative estimate of drug-likeness (QED) is 0.0945. The predicted octanol–water partition coefficient (Wildman–Crippen LogP) is -3.27. The van der Waals surface area contributed by atoms with Crippen LogP contribution in [0, 0.1) is 5.92 Å². The van der Waals surface area contributed by atoms with Crippen LogP contribution in [0.1, 0.15) is 47.0 Å². The van der Waals surface area contributed by atoms with E-state index in [2.05, 4.69) is 16.0 Å². The fourth-order valence-electron chi connectivity index (χ4n) is 2.91. The fraction of sp³-hybridized carbons (Fsp3) is 0.667. The van der Waals surface area contributed by atoms with Crippen molar-refractivity contribution < 1.29 is 54.0 Å². The van der Waals surface area contributed by atoms with E-state index >= 15 is 0 Å². The van der Waals surface area contributed by atoms with Crippen LogP contribution in [0.25, 0.3) is 0 Å². The van der Waals surface area contributed by atoms with Crippen LogP contribution < -0.4 is 27.0 Å². The Morgan fingerprint density at radius 1 is 0.676 bits per heavy atom. The van der Waals surface area contributed by atoms with Gasteiger partial charge in [-0.3, -0.25) is 28.8 Å². The van der Waals surface area contributed by atoms with Gasteiger partial charge in [0, 0.05) is 6.42 Å². The molecule has 16 nitrogen and oxygen atoms in total. The monoisotopic (exact) mass is 533 g/mol. The molecule has 0 aromatic rings. The van der Waals surface area contributed by atoms with E-state index in [9.17, 15) is 38.7 Å². The number of carbonyl (C=O) groups excluding carboxylic acids is 4. The lowest BCUT2D eigenvalue weighted by molar-refractivity contribution is -0.147. The summed E-state index contributed by atoms with van der Waals surface area (Å²) in [4.78, 5) is 83.3. The lowest BCUT2D eigenvalue weighted by Crippen LogP contribution is -2.61. The molecule has 6 atom stereocenters. The third-order valence-electron chi connectivity index (χ3n) is 5.00. The Bertz CT molecular complexity index is 875. The lowest BCUT2D eigenvalue weighted by Gasteiger charge is -2.28. The average Bonchev–Trinajstić information content (AvgIpc) is 2.76. The van der Waals surface area contributed by atoms with Crippen molar-refractivity contribution in [3.63, 3.8) is 0 Å². The second kappa shape index (κ2) is 15.4. The number of hydrogen-bond acceptors (Lipinski definition) is 9. The zero-order valence-corrected chi connectivity index (χ0v) is 20.9. The summed E-state index contributed by atoms with van der Waals surface area (Å²) in [5.41, 5.74) is 5.50. The van der Waals surface area contributed by atoms with Gasteiger partial charge in [-0.05, 0) is 26.2 Å². The molecule has 0 radical (unpaired) electrons. The molecule has 0 spiro atoms. The van der Waals surface area contributed by atoms with Gasteiger partial charge < -0.3 is 47.4 Å². The molecule has 10 N–H and O–H groups in total. The van der Waals surface area contributed by atoms with Gasteiger partial charge in [0.2, 0.25) is 23.6 Å². The SMILES string of the molecule is CC(C)[C@H](NC(=O)[C@H](C)N)C(=O)N[C@H](C(=O)N[C@@H](CCC(=O)O)C(=O)N[C@@H](CC(=O)O)C(=O)O)[C@@H](C)O. The molecule has 0 aromatic carbocycles. The van der Waals surface area contributed by atoms with E-state index < -0.39 is 103 Å². The Balaban J connectivity index is 5.75. The maximum Gasteiger partial charge on any atom is 0.326 e. The number of hydrogen-bond donors (Lipinski definition) is 9. The summed E-state index contributed by atoms with van der Waals surface area (Å²) in [6.07, 6.45) is -3.68. The van der Waals surface area contributed by atoms with Gasteiger partial charge in [0.25, 0.3) is 0 Å². The molecule has 0 aliphatic carbocycles. The Morgan fingerprint density at radius 2 is 1.16 bits per heavy atom. The number of carboxylic acid groups (broad SMARTS) is 3. The second-order valence-electron chi connectivity index (χ2n) is 8.74. The first-order valence-corrected chi connectivity index (χ1v) is 11.3. The number of amides is 4. The highest BCUT2D eigenvalue weighted by molar-refractivity contribution is 5.96. The molecule has 0 heterocycles. The van der Waals surface area contributed by atoms with Gasteiger partial charge in [0.15, 0.2) is 0 Å². The zero-order chi connectivity index (χ0) is 29.0. The number of nitrogens with one attached hydrogen (secondary N) is 4. The lowest BCUT2D eigenvalue weighted by atomic mass is 10.0. The van der Waals surface area contributed by atoms with E-state index in [0.717, 1.165) is 6.92 Å². The van der Waals surface area contributed by atoms with Crippen molar-refractivity contribution in [2.45, 2.75) is 83.3 Å². The highest BCUT2D eigenvalue weighted by Crippen LogP contribution is 2.06. The summed E-state index contributed by atoms with van der Waals surface area (Å²) in [7, 11) is 0. The van der Waals surface area contributed by atoms with Crippen molar-refractivity contribution in [2.24, 2.45) is 11.7 Å². The van der Waals surface area contributed by atoms with Crippen LogP contribution in [-0.2, 0) is 33.6 Å². The van der Waals surface area contributed by atoms with E-state index in [1.807, 2.05) is 5.32 Å². The Hall–Kier alpha value is -3.79. The predicted molar refractivity (Wildman–Crippen MR) is 125 cm³/mol. The average molecular weight is 534 g/mol. The van der Waals surface area contributed by atoms with Gasteiger partial charge in [-0.2, -0.15) is 0 Å². The Labute approximate surface area is 212 Å². The van der Waals surface area contributed by atoms with Crippen molar-refractivity contribution in [1.82, 2.24) is 21.3 Å². The molecular weight excluding hydrogens is 498 g/mol. The van der Waals surface area contributed by atoms with E-state index in [-0.39, 0.29) is 0 Å². The van der Waals surface area contributed by atoms with Crippen molar-refractivity contribution in [2.75, 3.05) is 0 Å². The van der Waals surface area contributed by atoms with Gasteiger partial charge in [-0.15, -0.1) is 0 Å². The van der Waals surface area contributed by atoms with Crippen molar-refractivity contribution >= 4 is 41.5 Å². The number of aliphatic hydroxyl groups excluding tert-OH is 1. The maximum atomic E-state index is 12.9. The standard InChI is InChI=1S/C21H35N5O11/c1-8(2)15(25-17(32)9(3)22)19(34)26-16(10(4)27)20(35)23-11(5-6-13(28)29)18(33)24-12(21(36)37)7-14(30)31/h8-12,15-16,27H,5-7,22H2,1-4H3,(H,23,35)(H,24,33)(H,25,32)(H,26,34)(H,28,29)(H,30,31)(H,36,37)/t9-,10+,11-,12-,15-,16-/m0/s1. The highest BCUT2D eigenvalue weighted by atomic mass is 16.4. The summed E-state index contributed by atoms with van der Waals surface area (Å²) < 4.78 is 0. The van der Waals surface area contributed by atoms with Crippen LogP contribution in [0.5, 0.6) is 0 Å². The van der Waals surface area contributed by atoms with Crippen LogP contribution in [0.3, 0.4) is 0 Å². The van der Waals surface area contributed by atoms with Gasteiger partial charge >= 0.3 is 17.9 Å². The van der Waals surface area contributed by atoms with E-state index in [4.69, 9.17) is 21.1 Å². The van der Waals surface area contributed by atoms with Crippen LogP contribution >= 0.6 is 0 Å². The number of aliphatic carboxylic acids is 3. The van der Waals surface area contributed by atoms with Crippen LogP contribution in [0.4, 0.5) is 0 Å². The first-order chi connectivity index (χ1) is 17.0. The third kappa shape index (κ3) is 12.1. The fourth-order valence-corrected chi connectivity index (χ4v) is 2.91. The second-order valence-corrected chi connectivity index (χ2v) is 8.74. The summed E-state index contributed by atoms with van der Waals surface area (Å²) in [6, 6.07) is -7.28. The Kier molecular flexibility index (Phi) is 13.8. The molecule has 0 saturated heterocycles. The summed E-state index contributed by atoms with van der Waals surface area (Å²) in [6.45, 7) is 5.75. The topological polar surface area (TPSA) is 275 Å². The van der Waals surface area contributed by atoms with Crippen molar-refractivity contribution in [3.05, 3.63) is 0 Å². The van der Waals surface area contributed by atoms with Gasteiger partial charge in [0.1, 0.15) is 24.2 Å². The molecule has 16 heteroatoms. The first-order valence-electron chi connectivity index (χ1n) is 11.3. The molecule has 0 aromatic heterocycles. The molecule has 37 heavy (non-hydrogen) atoms. The van der Waals surface area contributed by atoms with Gasteiger partial charge in [-0.25, -0.2) is 4.79 Å². The Morgan fingerprint density at radius 3 is 1.57 bits per heavy atom. The normalized spacial score (nSPS) is 15.8. The minimum Gasteiger partial charge on any atom is -0.481 e. The molecule has 0 fully saturated rings. The summed E-state index contributed by atoms with van der Waals surface area (Å²) in [5, 5.41) is 45.7. The summed E-state index contributed by atoms with van der Waals surface area (Å²) in [5.74, 6) is -8.85. The molecular formula is C21H35N5O11. The number of aliphatic hydroxyl groups is 1.